The number of ether oxygens (including phenoxy) is 1. The Morgan fingerprint density at radius 3 is 2.41 bits per heavy atom. The van der Waals surface area contributed by atoms with Gasteiger partial charge in [-0.1, -0.05) is 31.4 Å². The highest BCUT2D eigenvalue weighted by Crippen LogP contribution is 2.29. The van der Waals surface area contributed by atoms with Gasteiger partial charge in [-0.2, -0.15) is 0 Å². The summed E-state index contributed by atoms with van der Waals surface area (Å²) in [6, 6.07) is 0. The van der Waals surface area contributed by atoms with Crippen LogP contribution in [-0.4, -0.2) is 12.1 Å². The molecule has 0 aliphatic carbocycles. The monoisotopic (exact) mass is 236 g/mol. The Morgan fingerprint density at radius 2 is 2.00 bits per heavy atom. The molecule has 0 amide bonds. The van der Waals surface area contributed by atoms with Crippen LogP contribution in [0.2, 0.25) is 0 Å². The van der Waals surface area contributed by atoms with Crippen LogP contribution in [0.25, 0.3) is 0 Å². The molecule has 0 aromatic rings. The predicted molar refractivity (Wildman–Crippen MR) is 71.5 cm³/mol. The summed E-state index contributed by atoms with van der Waals surface area (Å²) in [7, 11) is 0. The van der Waals surface area contributed by atoms with E-state index in [0.717, 1.165) is 12.8 Å². The molecule has 0 aliphatic heterocycles. The molecule has 0 rings (SSSR count). The van der Waals surface area contributed by atoms with E-state index in [9.17, 15) is 4.79 Å². The van der Waals surface area contributed by atoms with Crippen molar-refractivity contribution in [2.75, 3.05) is 0 Å². The predicted octanol–water partition coefficient (Wildman–Crippen LogP) is 3.71. The molecule has 2 heteroatoms. The molecule has 17 heavy (non-hydrogen) atoms. The van der Waals surface area contributed by atoms with Crippen molar-refractivity contribution in [3.05, 3.63) is 11.6 Å². The molecule has 0 saturated heterocycles. The standard InChI is InChI=1S/C15H24O2/c1-7-14(17-13(4)16)11-15(5,6)10-8-9-12(2)3/h1,9,14H,8,10-11H2,2-6H3. The van der Waals surface area contributed by atoms with E-state index < -0.39 is 6.10 Å². The smallest absolute Gasteiger partial charge is 0.303 e. The number of hydrogen-bond donors (Lipinski definition) is 0. The molecule has 0 aromatic carbocycles. The van der Waals surface area contributed by atoms with Gasteiger partial charge in [0.2, 0.25) is 0 Å². The molecule has 0 saturated carbocycles. The van der Waals surface area contributed by atoms with Crippen molar-refractivity contribution in [3.8, 4) is 12.3 Å². The molecule has 0 aromatic heterocycles. The number of carbonyl (C=O) groups excluding carboxylic acids is 1. The van der Waals surface area contributed by atoms with Crippen LogP contribution in [0.15, 0.2) is 11.6 Å². The minimum absolute atomic E-state index is 0.0818. The zero-order valence-corrected chi connectivity index (χ0v) is 11.7. The first kappa shape index (κ1) is 15.8. The second kappa shape index (κ2) is 7.17. The van der Waals surface area contributed by atoms with E-state index in [1.807, 2.05) is 0 Å². The highest BCUT2D eigenvalue weighted by molar-refractivity contribution is 5.66. The van der Waals surface area contributed by atoms with Gasteiger partial charge in [0, 0.05) is 13.3 Å². The van der Waals surface area contributed by atoms with Crippen molar-refractivity contribution in [2.24, 2.45) is 5.41 Å². The van der Waals surface area contributed by atoms with Crippen LogP contribution >= 0.6 is 0 Å². The summed E-state index contributed by atoms with van der Waals surface area (Å²) < 4.78 is 5.07. The fourth-order valence-corrected chi connectivity index (χ4v) is 1.69. The molecule has 0 spiro atoms. The molecule has 1 atom stereocenters. The largest absolute Gasteiger partial charge is 0.449 e. The molecule has 0 heterocycles. The number of carbonyl (C=O) groups is 1. The first-order valence-electron chi connectivity index (χ1n) is 6.03. The van der Waals surface area contributed by atoms with Crippen LogP contribution in [0.3, 0.4) is 0 Å². The molecule has 1 unspecified atom stereocenters. The highest BCUT2D eigenvalue weighted by Gasteiger charge is 2.23. The zero-order chi connectivity index (χ0) is 13.5. The lowest BCUT2D eigenvalue weighted by atomic mass is 9.82. The average molecular weight is 236 g/mol. The average Bonchev–Trinajstić information content (AvgIpc) is 2.14. The Labute approximate surface area is 105 Å². The van der Waals surface area contributed by atoms with Gasteiger partial charge in [0.1, 0.15) is 0 Å². The maximum atomic E-state index is 10.9. The van der Waals surface area contributed by atoms with E-state index in [0.29, 0.717) is 6.42 Å². The second-order valence-corrected chi connectivity index (χ2v) is 5.45. The molecular formula is C15H24O2. The summed E-state index contributed by atoms with van der Waals surface area (Å²) in [5, 5.41) is 0. The Hall–Kier alpha value is -1.23. The Morgan fingerprint density at radius 1 is 1.41 bits per heavy atom. The van der Waals surface area contributed by atoms with Crippen molar-refractivity contribution in [1.29, 1.82) is 0 Å². The third-order valence-electron chi connectivity index (χ3n) is 2.61. The Balaban J connectivity index is 4.26. The number of allylic oxidation sites excluding steroid dienone is 2. The van der Waals surface area contributed by atoms with E-state index in [2.05, 4.69) is 39.7 Å². The maximum Gasteiger partial charge on any atom is 0.303 e. The maximum absolute atomic E-state index is 10.9. The summed E-state index contributed by atoms with van der Waals surface area (Å²) in [5.74, 6) is 2.22. The van der Waals surface area contributed by atoms with Crippen molar-refractivity contribution < 1.29 is 9.53 Å². The summed E-state index contributed by atoms with van der Waals surface area (Å²) in [5.41, 5.74) is 1.41. The van der Waals surface area contributed by atoms with Gasteiger partial charge in [-0.3, -0.25) is 4.79 Å². The van der Waals surface area contributed by atoms with E-state index >= 15 is 0 Å². The zero-order valence-electron chi connectivity index (χ0n) is 11.7. The van der Waals surface area contributed by atoms with Crippen LogP contribution in [0, 0.1) is 17.8 Å². The SMILES string of the molecule is C#CC(CC(C)(C)CCC=C(C)C)OC(C)=O. The minimum atomic E-state index is -0.408. The van der Waals surface area contributed by atoms with Crippen LogP contribution in [0.5, 0.6) is 0 Å². The third-order valence-corrected chi connectivity index (χ3v) is 2.61. The van der Waals surface area contributed by atoms with Crippen LogP contribution in [-0.2, 0) is 9.53 Å². The summed E-state index contributed by atoms with van der Waals surface area (Å²) in [4.78, 5) is 10.9. The van der Waals surface area contributed by atoms with Crippen molar-refractivity contribution in [2.45, 2.75) is 60.0 Å². The normalized spacial score (nSPS) is 12.5. The third kappa shape index (κ3) is 8.56. The van der Waals surface area contributed by atoms with Crippen LogP contribution in [0.1, 0.15) is 53.9 Å². The second-order valence-electron chi connectivity index (χ2n) is 5.45. The van der Waals surface area contributed by atoms with Gasteiger partial charge in [-0.25, -0.2) is 0 Å². The van der Waals surface area contributed by atoms with Crippen molar-refractivity contribution in [1.82, 2.24) is 0 Å². The van der Waals surface area contributed by atoms with Gasteiger partial charge in [0.15, 0.2) is 6.10 Å². The fraction of sp³-hybridized carbons (Fsp3) is 0.667. The van der Waals surface area contributed by atoms with Crippen LogP contribution < -0.4 is 0 Å². The fourth-order valence-electron chi connectivity index (χ4n) is 1.69. The molecule has 0 aliphatic rings. The minimum Gasteiger partial charge on any atom is -0.449 e. The summed E-state index contributed by atoms with van der Waals surface area (Å²) >= 11 is 0. The first-order chi connectivity index (χ1) is 7.76. The number of hydrogen-bond acceptors (Lipinski definition) is 2. The molecule has 0 radical (unpaired) electrons. The topological polar surface area (TPSA) is 26.3 Å². The van der Waals surface area contributed by atoms with Gasteiger partial charge in [-0.05, 0) is 32.1 Å². The lowest BCUT2D eigenvalue weighted by Gasteiger charge is -2.26. The lowest BCUT2D eigenvalue weighted by molar-refractivity contribution is -0.144. The van der Waals surface area contributed by atoms with Gasteiger partial charge in [0.25, 0.3) is 0 Å². The lowest BCUT2D eigenvalue weighted by Crippen LogP contribution is -2.23. The van der Waals surface area contributed by atoms with E-state index in [-0.39, 0.29) is 11.4 Å². The van der Waals surface area contributed by atoms with E-state index in [1.165, 1.54) is 12.5 Å². The number of esters is 1. The molecular weight excluding hydrogens is 212 g/mol. The van der Waals surface area contributed by atoms with Gasteiger partial charge < -0.3 is 4.74 Å². The molecule has 0 fully saturated rings. The van der Waals surface area contributed by atoms with Crippen molar-refractivity contribution in [3.63, 3.8) is 0 Å². The molecule has 0 bridgehead atoms. The quantitative estimate of drug-likeness (QED) is 0.399. The molecule has 2 nitrogen and oxygen atoms in total. The van der Waals surface area contributed by atoms with Gasteiger partial charge >= 0.3 is 5.97 Å². The molecule has 0 N–H and O–H groups in total. The van der Waals surface area contributed by atoms with E-state index in [4.69, 9.17) is 11.2 Å². The first-order valence-corrected chi connectivity index (χ1v) is 6.03. The van der Waals surface area contributed by atoms with Crippen LogP contribution in [0.4, 0.5) is 0 Å². The number of terminal acetylenes is 1. The van der Waals surface area contributed by atoms with Gasteiger partial charge in [-0.15, -0.1) is 6.42 Å². The van der Waals surface area contributed by atoms with Gasteiger partial charge in [0.05, 0.1) is 0 Å². The Kier molecular flexibility index (Phi) is 6.65. The summed E-state index contributed by atoms with van der Waals surface area (Å²) in [6.07, 6.45) is 9.96. The summed E-state index contributed by atoms with van der Waals surface area (Å²) in [6.45, 7) is 9.88. The highest BCUT2D eigenvalue weighted by atomic mass is 16.5. The Bertz CT molecular complexity index is 314. The molecule has 96 valence electrons. The number of rotatable bonds is 6. The van der Waals surface area contributed by atoms with Crippen molar-refractivity contribution >= 4 is 5.97 Å². The van der Waals surface area contributed by atoms with E-state index in [1.54, 1.807) is 0 Å².